The first-order valence-corrected chi connectivity index (χ1v) is 8.06. The number of benzene rings is 1. The molecule has 1 unspecified atom stereocenters. The Kier molecular flexibility index (Phi) is 4.70. The average Bonchev–Trinajstić information content (AvgIpc) is 3.24. The van der Waals surface area contributed by atoms with Crippen molar-refractivity contribution in [2.45, 2.75) is 25.5 Å². The lowest BCUT2D eigenvalue weighted by atomic mass is 10.2. The first-order chi connectivity index (χ1) is 10.8. The summed E-state index contributed by atoms with van der Waals surface area (Å²) in [6.07, 6.45) is 3.28. The molecule has 1 amide bonds. The van der Waals surface area contributed by atoms with Crippen molar-refractivity contribution in [3.05, 3.63) is 35.3 Å². The van der Waals surface area contributed by atoms with E-state index in [9.17, 15) is 4.79 Å². The molecule has 2 aromatic rings. The predicted octanol–water partition coefficient (Wildman–Crippen LogP) is 2.61. The van der Waals surface area contributed by atoms with Gasteiger partial charge in [-0.05, 0) is 25.0 Å². The number of hydrogen-bond donors (Lipinski definition) is 1. The summed E-state index contributed by atoms with van der Waals surface area (Å²) < 4.78 is 10.6. The van der Waals surface area contributed by atoms with Gasteiger partial charge in [-0.25, -0.2) is 4.98 Å². The Morgan fingerprint density at radius 2 is 2.45 bits per heavy atom. The highest BCUT2D eigenvalue weighted by molar-refractivity contribution is 7.15. The highest BCUT2D eigenvalue weighted by atomic mass is 32.1. The maximum Gasteiger partial charge on any atom is 0.249 e. The Bertz CT molecular complexity index is 650. The molecule has 1 atom stereocenters. The van der Waals surface area contributed by atoms with Gasteiger partial charge in [0.05, 0.1) is 13.7 Å². The second-order valence-corrected chi connectivity index (χ2v) is 6.20. The van der Waals surface area contributed by atoms with E-state index in [4.69, 9.17) is 9.47 Å². The molecule has 1 saturated heterocycles. The third kappa shape index (κ3) is 3.45. The minimum Gasteiger partial charge on any atom is -0.497 e. The number of carbonyl (C=O) groups is 1. The van der Waals surface area contributed by atoms with Gasteiger partial charge in [0.2, 0.25) is 5.91 Å². The van der Waals surface area contributed by atoms with E-state index in [1.54, 1.807) is 24.6 Å². The Morgan fingerprint density at radius 1 is 1.55 bits per heavy atom. The Hall–Kier alpha value is -1.92. The summed E-state index contributed by atoms with van der Waals surface area (Å²) >= 11 is 1.57. The molecule has 1 N–H and O–H groups in total. The topological polar surface area (TPSA) is 60.5 Å². The van der Waals surface area contributed by atoms with Crippen LogP contribution in [0.15, 0.2) is 30.5 Å². The molecule has 0 aliphatic carbocycles. The monoisotopic (exact) mass is 318 g/mol. The van der Waals surface area contributed by atoms with Gasteiger partial charge in [-0.15, -0.1) is 11.3 Å². The van der Waals surface area contributed by atoms with Crippen molar-refractivity contribution in [1.29, 1.82) is 0 Å². The molecular formula is C16H18N2O3S. The summed E-state index contributed by atoms with van der Waals surface area (Å²) in [6, 6.07) is 7.79. The summed E-state index contributed by atoms with van der Waals surface area (Å²) in [5.41, 5.74) is 1.01. The molecular weight excluding hydrogens is 300 g/mol. The molecule has 1 aliphatic heterocycles. The van der Waals surface area contributed by atoms with Gasteiger partial charge < -0.3 is 14.8 Å². The number of hydrogen-bond acceptors (Lipinski definition) is 5. The summed E-state index contributed by atoms with van der Waals surface area (Å²) in [5, 5.41) is 3.83. The number of thiazole rings is 1. The highest BCUT2D eigenvalue weighted by Crippen LogP contribution is 2.27. The summed E-state index contributed by atoms with van der Waals surface area (Å²) in [7, 11) is 1.65. The SMILES string of the molecule is COc1cccc(-c2ncc(CNC(=O)C3CCCO3)s2)c1. The molecule has 3 rings (SSSR count). The van der Waals surface area contributed by atoms with Crippen LogP contribution < -0.4 is 10.1 Å². The Balaban J connectivity index is 1.62. The van der Waals surface area contributed by atoms with Crippen molar-refractivity contribution in [3.63, 3.8) is 0 Å². The van der Waals surface area contributed by atoms with E-state index >= 15 is 0 Å². The molecule has 1 aromatic carbocycles. The molecule has 5 nitrogen and oxygen atoms in total. The standard InChI is InChI=1S/C16H18N2O3S/c1-20-12-5-2-4-11(8-12)16-18-10-13(22-16)9-17-15(19)14-6-3-7-21-14/h2,4-5,8,10,14H,3,6-7,9H2,1H3,(H,17,19). The molecule has 0 bridgehead atoms. The van der Waals surface area contributed by atoms with Crippen LogP contribution in [0.25, 0.3) is 10.6 Å². The summed E-state index contributed by atoms with van der Waals surface area (Å²) in [4.78, 5) is 17.3. The van der Waals surface area contributed by atoms with Gasteiger partial charge in [-0.2, -0.15) is 0 Å². The minimum absolute atomic E-state index is 0.0335. The van der Waals surface area contributed by atoms with Crippen molar-refractivity contribution in [1.82, 2.24) is 10.3 Å². The molecule has 1 fully saturated rings. The zero-order valence-electron chi connectivity index (χ0n) is 12.4. The number of carbonyl (C=O) groups excluding carboxylic acids is 1. The van der Waals surface area contributed by atoms with Crippen LogP contribution >= 0.6 is 11.3 Å². The van der Waals surface area contributed by atoms with Crippen molar-refractivity contribution in [3.8, 4) is 16.3 Å². The number of methoxy groups -OCH3 is 1. The van der Waals surface area contributed by atoms with Crippen LogP contribution in [0, 0.1) is 0 Å². The van der Waals surface area contributed by atoms with E-state index in [-0.39, 0.29) is 12.0 Å². The van der Waals surface area contributed by atoms with Gasteiger partial charge >= 0.3 is 0 Å². The molecule has 0 radical (unpaired) electrons. The van der Waals surface area contributed by atoms with Crippen molar-refractivity contribution < 1.29 is 14.3 Å². The van der Waals surface area contributed by atoms with Crippen LogP contribution in [0.3, 0.4) is 0 Å². The van der Waals surface area contributed by atoms with Crippen LogP contribution in [-0.2, 0) is 16.1 Å². The summed E-state index contributed by atoms with van der Waals surface area (Å²) in [5.74, 6) is 0.773. The van der Waals surface area contributed by atoms with E-state index in [0.29, 0.717) is 13.2 Å². The average molecular weight is 318 g/mol. The van der Waals surface area contributed by atoms with Crippen molar-refractivity contribution >= 4 is 17.2 Å². The number of ether oxygens (including phenoxy) is 2. The maximum atomic E-state index is 11.9. The van der Waals surface area contributed by atoms with Crippen LogP contribution in [0.1, 0.15) is 17.7 Å². The van der Waals surface area contributed by atoms with Crippen molar-refractivity contribution in [2.75, 3.05) is 13.7 Å². The fourth-order valence-corrected chi connectivity index (χ4v) is 3.20. The first-order valence-electron chi connectivity index (χ1n) is 7.25. The van der Waals surface area contributed by atoms with Gasteiger partial charge in [0.15, 0.2) is 0 Å². The lowest BCUT2D eigenvalue weighted by Gasteiger charge is -2.08. The Morgan fingerprint density at radius 3 is 3.23 bits per heavy atom. The van der Waals surface area contributed by atoms with Gasteiger partial charge in [-0.1, -0.05) is 12.1 Å². The highest BCUT2D eigenvalue weighted by Gasteiger charge is 2.23. The van der Waals surface area contributed by atoms with E-state index in [1.165, 1.54) is 0 Å². The molecule has 2 heterocycles. The zero-order valence-corrected chi connectivity index (χ0v) is 13.2. The largest absolute Gasteiger partial charge is 0.497 e. The number of nitrogens with zero attached hydrogens (tertiary/aromatic N) is 1. The summed E-state index contributed by atoms with van der Waals surface area (Å²) in [6.45, 7) is 1.17. The zero-order chi connectivity index (χ0) is 15.4. The van der Waals surface area contributed by atoms with Crippen LogP contribution in [0.4, 0.5) is 0 Å². The number of nitrogens with one attached hydrogen (secondary N) is 1. The lowest BCUT2D eigenvalue weighted by molar-refractivity contribution is -0.130. The van der Waals surface area contributed by atoms with E-state index in [1.807, 2.05) is 24.3 Å². The Labute approximate surface area is 133 Å². The van der Waals surface area contributed by atoms with Gasteiger partial charge in [0.1, 0.15) is 16.9 Å². The second-order valence-electron chi connectivity index (χ2n) is 5.08. The van der Waals surface area contributed by atoms with Gasteiger partial charge in [0, 0.05) is 23.2 Å². The molecule has 1 aliphatic rings. The normalized spacial score (nSPS) is 17.4. The quantitative estimate of drug-likeness (QED) is 0.920. The molecule has 22 heavy (non-hydrogen) atoms. The number of rotatable bonds is 5. The van der Waals surface area contributed by atoms with E-state index in [0.717, 1.165) is 34.0 Å². The number of aromatic nitrogens is 1. The fraction of sp³-hybridized carbons (Fsp3) is 0.375. The maximum absolute atomic E-state index is 11.9. The van der Waals surface area contributed by atoms with E-state index in [2.05, 4.69) is 10.3 Å². The minimum atomic E-state index is -0.286. The van der Waals surface area contributed by atoms with Gasteiger partial charge in [-0.3, -0.25) is 4.79 Å². The van der Waals surface area contributed by atoms with Gasteiger partial charge in [0.25, 0.3) is 0 Å². The smallest absolute Gasteiger partial charge is 0.249 e. The van der Waals surface area contributed by atoms with Crippen LogP contribution in [0.2, 0.25) is 0 Å². The van der Waals surface area contributed by atoms with Crippen LogP contribution in [0.5, 0.6) is 5.75 Å². The third-order valence-electron chi connectivity index (χ3n) is 3.53. The molecule has 116 valence electrons. The molecule has 1 aromatic heterocycles. The fourth-order valence-electron chi connectivity index (χ4n) is 2.35. The van der Waals surface area contributed by atoms with Crippen LogP contribution in [-0.4, -0.2) is 30.7 Å². The van der Waals surface area contributed by atoms with E-state index < -0.39 is 0 Å². The molecule has 0 spiro atoms. The second kappa shape index (κ2) is 6.89. The number of amides is 1. The molecule has 0 saturated carbocycles. The molecule has 6 heteroatoms. The predicted molar refractivity (Wildman–Crippen MR) is 84.9 cm³/mol. The lowest BCUT2D eigenvalue weighted by Crippen LogP contribution is -2.33. The first kappa shape index (κ1) is 15.0. The third-order valence-corrected chi connectivity index (χ3v) is 4.58. The van der Waals surface area contributed by atoms with Crippen molar-refractivity contribution in [2.24, 2.45) is 0 Å².